The maximum Gasteiger partial charge on any atom is 0.0605 e. The minimum Gasteiger partial charge on any atom is -0.306 e. The summed E-state index contributed by atoms with van der Waals surface area (Å²) in [4.78, 5) is 6.96. The first kappa shape index (κ1) is 11.2. The first-order chi connectivity index (χ1) is 8.33. The maximum atomic E-state index is 4.55. The van der Waals surface area contributed by atoms with Crippen LogP contribution in [0.2, 0.25) is 0 Å². The van der Waals surface area contributed by atoms with E-state index in [0.29, 0.717) is 12.1 Å². The van der Waals surface area contributed by atoms with Gasteiger partial charge in [-0.2, -0.15) is 0 Å². The largest absolute Gasteiger partial charge is 0.306 e. The Morgan fingerprint density at radius 3 is 2.94 bits per heavy atom. The summed E-state index contributed by atoms with van der Waals surface area (Å²) in [6.07, 6.45) is 6.88. The number of piperidine rings is 1. The third-order valence-electron chi connectivity index (χ3n) is 4.11. The van der Waals surface area contributed by atoms with Crippen molar-refractivity contribution in [3.63, 3.8) is 0 Å². The molecule has 1 unspecified atom stereocenters. The van der Waals surface area contributed by atoms with Crippen LogP contribution in [0.25, 0.3) is 0 Å². The first-order valence-electron chi connectivity index (χ1n) is 6.71. The minimum absolute atomic E-state index is 0.500. The summed E-state index contributed by atoms with van der Waals surface area (Å²) in [6, 6.07) is 5.46. The Bertz CT molecular complexity index is 383. The number of aryl methyl sites for hydroxylation is 1. The molecule has 1 atom stereocenters. The van der Waals surface area contributed by atoms with Gasteiger partial charge in [0.15, 0.2) is 0 Å². The average molecular weight is 231 g/mol. The molecule has 2 heterocycles. The zero-order valence-corrected chi connectivity index (χ0v) is 10.5. The lowest BCUT2D eigenvalue weighted by molar-refractivity contribution is 0.223. The number of fused-ring (bicyclic) bond motifs is 1. The summed E-state index contributed by atoms with van der Waals surface area (Å²) >= 11 is 0. The molecular formula is C14H21N3. The summed E-state index contributed by atoms with van der Waals surface area (Å²) in [5.41, 5.74) is 2.74. The number of rotatable bonds is 2. The molecular weight excluding hydrogens is 210 g/mol. The molecule has 0 amide bonds. The number of nitrogens with one attached hydrogen (secondary N) is 1. The second kappa shape index (κ2) is 4.75. The first-order valence-corrected chi connectivity index (χ1v) is 6.71. The molecule has 1 saturated heterocycles. The monoisotopic (exact) mass is 231 g/mol. The predicted octanol–water partition coefficient (Wildman–Crippen LogP) is 1.75. The van der Waals surface area contributed by atoms with Gasteiger partial charge in [0, 0.05) is 12.2 Å². The van der Waals surface area contributed by atoms with Crippen molar-refractivity contribution in [2.75, 3.05) is 20.1 Å². The third kappa shape index (κ3) is 2.35. The van der Waals surface area contributed by atoms with Gasteiger partial charge in [-0.1, -0.05) is 6.07 Å². The maximum absolute atomic E-state index is 4.55. The highest BCUT2D eigenvalue weighted by Crippen LogP contribution is 2.30. The molecule has 1 aliphatic carbocycles. The molecule has 1 aliphatic heterocycles. The van der Waals surface area contributed by atoms with E-state index in [2.05, 4.69) is 34.4 Å². The van der Waals surface area contributed by atoms with Gasteiger partial charge in [0.05, 0.1) is 11.7 Å². The van der Waals surface area contributed by atoms with Gasteiger partial charge < -0.3 is 10.2 Å². The lowest BCUT2D eigenvalue weighted by Gasteiger charge is -2.31. The van der Waals surface area contributed by atoms with Crippen molar-refractivity contribution in [3.05, 3.63) is 29.6 Å². The average Bonchev–Trinajstić information content (AvgIpc) is 2.76. The van der Waals surface area contributed by atoms with Crippen LogP contribution in [0.1, 0.15) is 36.6 Å². The van der Waals surface area contributed by atoms with Crippen LogP contribution in [0.4, 0.5) is 0 Å². The molecule has 17 heavy (non-hydrogen) atoms. The zero-order chi connectivity index (χ0) is 11.7. The zero-order valence-electron chi connectivity index (χ0n) is 10.5. The Kier molecular flexibility index (Phi) is 3.12. The van der Waals surface area contributed by atoms with Crippen molar-refractivity contribution in [1.29, 1.82) is 0 Å². The Morgan fingerprint density at radius 1 is 1.29 bits per heavy atom. The molecule has 1 aromatic rings. The van der Waals surface area contributed by atoms with Gasteiger partial charge in [0.1, 0.15) is 0 Å². The van der Waals surface area contributed by atoms with Gasteiger partial charge in [0.2, 0.25) is 0 Å². The van der Waals surface area contributed by atoms with Crippen LogP contribution in [0.3, 0.4) is 0 Å². The predicted molar refractivity (Wildman–Crippen MR) is 69.0 cm³/mol. The highest BCUT2D eigenvalue weighted by atomic mass is 15.1. The van der Waals surface area contributed by atoms with Crippen molar-refractivity contribution in [1.82, 2.24) is 15.2 Å². The fraction of sp³-hybridized carbons (Fsp3) is 0.643. The molecule has 3 rings (SSSR count). The second-order valence-electron chi connectivity index (χ2n) is 5.38. The molecule has 0 bridgehead atoms. The molecule has 92 valence electrons. The van der Waals surface area contributed by atoms with Crippen molar-refractivity contribution in [2.45, 2.75) is 37.8 Å². The normalized spacial score (nSPS) is 26.1. The van der Waals surface area contributed by atoms with Crippen molar-refractivity contribution in [2.24, 2.45) is 0 Å². The SMILES string of the molecule is CN1CCC(NC2CCc3cccnc32)CC1. The number of likely N-dealkylation sites (tertiary alicyclic amines) is 1. The quantitative estimate of drug-likeness (QED) is 0.840. The van der Waals surface area contributed by atoms with E-state index in [9.17, 15) is 0 Å². The molecule has 0 aromatic carbocycles. The standard InChI is InChI=1S/C14H21N3/c1-17-9-6-12(7-10-17)16-13-5-4-11-3-2-8-15-14(11)13/h2-3,8,12-13,16H,4-7,9-10H2,1H3. The van der Waals surface area contributed by atoms with E-state index in [0.717, 1.165) is 0 Å². The summed E-state index contributed by atoms with van der Waals surface area (Å²) in [5.74, 6) is 0. The van der Waals surface area contributed by atoms with Gasteiger partial charge in [0.25, 0.3) is 0 Å². The van der Waals surface area contributed by atoms with Gasteiger partial charge in [-0.05, 0) is 57.5 Å². The number of aromatic nitrogens is 1. The van der Waals surface area contributed by atoms with E-state index in [4.69, 9.17) is 0 Å². The van der Waals surface area contributed by atoms with E-state index in [1.807, 2.05) is 6.20 Å². The molecule has 2 aliphatic rings. The number of pyridine rings is 1. The number of hydrogen-bond acceptors (Lipinski definition) is 3. The fourth-order valence-corrected chi connectivity index (χ4v) is 3.03. The van der Waals surface area contributed by atoms with Crippen molar-refractivity contribution < 1.29 is 0 Å². The smallest absolute Gasteiger partial charge is 0.0605 e. The molecule has 1 aromatic heterocycles. The second-order valence-corrected chi connectivity index (χ2v) is 5.38. The van der Waals surface area contributed by atoms with Gasteiger partial charge in [-0.15, -0.1) is 0 Å². The summed E-state index contributed by atoms with van der Waals surface area (Å²) in [7, 11) is 2.21. The molecule has 0 radical (unpaired) electrons. The molecule has 0 saturated carbocycles. The van der Waals surface area contributed by atoms with Crippen LogP contribution < -0.4 is 5.32 Å². The topological polar surface area (TPSA) is 28.2 Å². The highest BCUT2D eigenvalue weighted by Gasteiger charge is 2.26. The molecule has 3 nitrogen and oxygen atoms in total. The van der Waals surface area contributed by atoms with Crippen LogP contribution >= 0.6 is 0 Å². The molecule has 1 fully saturated rings. The minimum atomic E-state index is 0.500. The van der Waals surface area contributed by atoms with Crippen LogP contribution in [0.5, 0.6) is 0 Å². The molecule has 1 N–H and O–H groups in total. The lowest BCUT2D eigenvalue weighted by Crippen LogP contribution is -2.42. The van der Waals surface area contributed by atoms with Crippen LogP contribution in [0.15, 0.2) is 18.3 Å². The van der Waals surface area contributed by atoms with E-state index < -0.39 is 0 Å². The number of hydrogen-bond donors (Lipinski definition) is 1. The lowest BCUT2D eigenvalue weighted by atomic mass is 10.0. The van der Waals surface area contributed by atoms with Gasteiger partial charge in [-0.25, -0.2) is 0 Å². The highest BCUT2D eigenvalue weighted by molar-refractivity contribution is 5.28. The van der Waals surface area contributed by atoms with Crippen molar-refractivity contribution >= 4 is 0 Å². The Balaban J connectivity index is 1.64. The summed E-state index contributed by atoms with van der Waals surface area (Å²) in [6.45, 7) is 2.44. The van der Waals surface area contributed by atoms with Crippen LogP contribution in [-0.4, -0.2) is 36.1 Å². The Hall–Kier alpha value is -0.930. The van der Waals surface area contributed by atoms with E-state index >= 15 is 0 Å². The van der Waals surface area contributed by atoms with Crippen LogP contribution in [-0.2, 0) is 6.42 Å². The van der Waals surface area contributed by atoms with E-state index in [1.54, 1.807) is 0 Å². The Labute approximate surface area is 103 Å². The molecule has 0 spiro atoms. The number of nitrogens with zero attached hydrogens (tertiary/aromatic N) is 2. The molecule has 3 heteroatoms. The van der Waals surface area contributed by atoms with E-state index in [1.165, 1.54) is 50.0 Å². The van der Waals surface area contributed by atoms with Gasteiger partial charge in [-0.3, -0.25) is 4.98 Å². The third-order valence-corrected chi connectivity index (χ3v) is 4.11. The van der Waals surface area contributed by atoms with E-state index in [-0.39, 0.29) is 0 Å². The summed E-state index contributed by atoms with van der Waals surface area (Å²) in [5, 5.41) is 3.81. The van der Waals surface area contributed by atoms with Crippen LogP contribution in [0, 0.1) is 0 Å². The van der Waals surface area contributed by atoms with Gasteiger partial charge >= 0.3 is 0 Å². The summed E-state index contributed by atoms with van der Waals surface area (Å²) < 4.78 is 0. The Morgan fingerprint density at radius 2 is 2.12 bits per heavy atom. The fourth-order valence-electron chi connectivity index (χ4n) is 3.03. The van der Waals surface area contributed by atoms with Crippen molar-refractivity contribution in [3.8, 4) is 0 Å².